The van der Waals surface area contributed by atoms with Gasteiger partial charge in [-0.2, -0.15) is 0 Å². The molecule has 0 spiro atoms. The summed E-state index contributed by atoms with van der Waals surface area (Å²) in [4.78, 5) is 2.36. The Balaban J connectivity index is 1.77. The summed E-state index contributed by atoms with van der Waals surface area (Å²) in [5, 5.41) is 0. The first-order valence-corrected chi connectivity index (χ1v) is 6.94. The molecule has 20 heavy (non-hydrogen) atoms. The third-order valence-electron chi connectivity index (χ3n) is 3.67. The molecule has 2 aromatic carbocycles. The van der Waals surface area contributed by atoms with Crippen LogP contribution in [0.25, 0.3) is 11.1 Å². The van der Waals surface area contributed by atoms with Gasteiger partial charge in [-0.15, -0.1) is 0 Å². The van der Waals surface area contributed by atoms with Gasteiger partial charge in [0.05, 0.1) is 20.3 Å². The van der Waals surface area contributed by atoms with E-state index < -0.39 is 0 Å². The molecule has 0 N–H and O–H groups in total. The van der Waals surface area contributed by atoms with Crippen molar-refractivity contribution < 1.29 is 9.47 Å². The largest absolute Gasteiger partial charge is 0.497 e. The molecule has 2 aromatic rings. The number of benzene rings is 2. The number of hydrogen-bond acceptors (Lipinski definition) is 3. The van der Waals surface area contributed by atoms with E-state index in [2.05, 4.69) is 41.3 Å². The van der Waals surface area contributed by atoms with Gasteiger partial charge in [0.2, 0.25) is 0 Å². The van der Waals surface area contributed by atoms with Gasteiger partial charge < -0.3 is 14.4 Å². The zero-order valence-electron chi connectivity index (χ0n) is 11.7. The Morgan fingerprint density at radius 3 is 1.95 bits per heavy atom. The van der Waals surface area contributed by atoms with Crippen molar-refractivity contribution in [3.05, 3.63) is 48.5 Å². The van der Waals surface area contributed by atoms with Crippen LogP contribution in [0.3, 0.4) is 0 Å². The molecule has 1 aliphatic heterocycles. The minimum absolute atomic E-state index is 0.820. The van der Waals surface area contributed by atoms with Crippen molar-refractivity contribution in [2.45, 2.75) is 0 Å². The normalized spacial score (nSPS) is 15.2. The van der Waals surface area contributed by atoms with Gasteiger partial charge in [-0.05, 0) is 35.4 Å². The van der Waals surface area contributed by atoms with Gasteiger partial charge in [-0.25, -0.2) is 0 Å². The maximum atomic E-state index is 5.38. The second-order valence-electron chi connectivity index (χ2n) is 4.87. The lowest BCUT2D eigenvalue weighted by Crippen LogP contribution is -2.36. The van der Waals surface area contributed by atoms with Gasteiger partial charge in [0.15, 0.2) is 0 Å². The van der Waals surface area contributed by atoms with E-state index in [0.29, 0.717) is 0 Å². The molecule has 1 aliphatic rings. The molecule has 3 nitrogen and oxygen atoms in total. The molecule has 0 bridgehead atoms. The molecule has 104 valence electrons. The van der Waals surface area contributed by atoms with Crippen LogP contribution in [-0.2, 0) is 4.74 Å². The van der Waals surface area contributed by atoms with E-state index in [1.165, 1.54) is 16.8 Å². The van der Waals surface area contributed by atoms with E-state index in [1.54, 1.807) is 7.11 Å². The van der Waals surface area contributed by atoms with Crippen LogP contribution in [-0.4, -0.2) is 33.4 Å². The lowest BCUT2D eigenvalue weighted by Gasteiger charge is -2.28. The van der Waals surface area contributed by atoms with Crippen LogP contribution in [0.4, 0.5) is 5.69 Å². The summed E-state index contributed by atoms with van der Waals surface area (Å²) in [7, 11) is 1.69. The predicted molar refractivity (Wildman–Crippen MR) is 81.5 cm³/mol. The fourth-order valence-electron chi connectivity index (χ4n) is 2.47. The van der Waals surface area contributed by atoms with Crippen LogP contribution in [0.5, 0.6) is 5.75 Å². The molecule has 0 unspecified atom stereocenters. The molecule has 1 saturated heterocycles. The predicted octanol–water partition coefficient (Wildman–Crippen LogP) is 3.20. The van der Waals surface area contributed by atoms with Crippen molar-refractivity contribution in [1.82, 2.24) is 0 Å². The van der Waals surface area contributed by atoms with Crippen LogP contribution in [0.2, 0.25) is 0 Å². The van der Waals surface area contributed by atoms with Crippen LogP contribution < -0.4 is 9.64 Å². The maximum absolute atomic E-state index is 5.38. The van der Waals surface area contributed by atoms with Gasteiger partial charge in [0.1, 0.15) is 5.75 Å². The highest BCUT2D eigenvalue weighted by Crippen LogP contribution is 2.25. The fraction of sp³-hybridized carbons (Fsp3) is 0.294. The minimum Gasteiger partial charge on any atom is -0.497 e. The van der Waals surface area contributed by atoms with Gasteiger partial charge in [-0.3, -0.25) is 0 Å². The zero-order chi connectivity index (χ0) is 13.8. The summed E-state index contributed by atoms with van der Waals surface area (Å²) in [6.07, 6.45) is 0. The number of anilines is 1. The first kappa shape index (κ1) is 13.0. The van der Waals surface area contributed by atoms with Crippen molar-refractivity contribution >= 4 is 5.69 Å². The third kappa shape index (κ3) is 2.78. The molecule has 3 heteroatoms. The topological polar surface area (TPSA) is 21.7 Å². The second-order valence-corrected chi connectivity index (χ2v) is 4.87. The Morgan fingerprint density at radius 2 is 1.40 bits per heavy atom. The summed E-state index contributed by atoms with van der Waals surface area (Å²) in [6, 6.07) is 16.9. The summed E-state index contributed by atoms with van der Waals surface area (Å²) in [6.45, 7) is 3.59. The Labute approximate surface area is 119 Å². The molecular formula is C17H19NO2. The van der Waals surface area contributed by atoms with Gasteiger partial charge in [-0.1, -0.05) is 24.3 Å². The number of hydrogen-bond donors (Lipinski definition) is 0. The lowest BCUT2D eigenvalue weighted by atomic mass is 10.0. The highest BCUT2D eigenvalue weighted by molar-refractivity contribution is 5.67. The molecule has 3 rings (SSSR count). The average Bonchev–Trinajstić information content (AvgIpc) is 2.56. The standard InChI is InChI=1S/C17H19NO2/c1-19-17-8-4-15(5-9-17)14-2-6-16(7-3-14)18-10-12-20-13-11-18/h2-9H,10-13H2,1H3. The molecule has 1 heterocycles. The maximum Gasteiger partial charge on any atom is 0.118 e. The number of nitrogens with zero attached hydrogens (tertiary/aromatic N) is 1. The van der Waals surface area contributed by atoms with Gasteiger partial charge in [0, 0.05) is 18.8 Å². The summed E-state index contributed by atoms with van der Waals surface area (Å²) >= 11 is 0. The Kier molecular flexibility index (Phi) is 3.88. The van der Waals surface area contributed by atoms with E-state index in [0.717, 1.165) is 32.1 Å². The molecule has 0 aliphatic carbocycles. The highest BCUT2D eigenvalue weighted by atomic mass is 16.5. The Morgan fingerprint density at radius 1 is 0.850 bits per heavy atom. The minimum atomic E-state index is 0.820. The fourth-order valence-corrected chi connectivity index (χ4v) is 2.47. The first-order chi connectivity index (χ1) is 9.86. The van der Waals surface area contributed by atoms with Gasteiger partial charge >= 0.3 is 0 Å². The van der Waals surface area contributed by atoms with Crippen molar-refractivity contribution in [3.63, 3.8) is 0 Å². The molecule has 0 aromatic heterocycles. The van der Waals surface area contributed by atoms with Crippen molar-refractivity contribution in [2.75, 3.05) is 38.3 Å². The molecule has 1 fully saturated rings. The Hall–Kier alpha value is -2.00. The van der Waals surface area contributed by atoms with Crippen LogP contribution in [0.15, 0.2) is 48.5 Å². The zero-order valence-corrected chi connectivity index (χ0v) is 11.7. The monoisotopic (exact) mass is 269 g/mol. The summed E-state index contributed by atoms with van der Waals surface area (Å²) < 4.78 is 10.6. The quantitative estimate of drug-likeness (QED) is 0.854. The summed E-state index contributed by atoms with van der Waals surface area (Å²) in [5.41, 5.74) is 3.70. The Bertz CT molecular complexity index is 542. The van der Waals surface area contributed by atoms with Crippen LogP contribution in [0.1, 0.15) is 0 Å². The van der Waals surface area contributed by atoms with Crippen molar-refractivity contribution in [3.8, 4) is 16.9 Å². The van der Waals surface area contributed by atoms with Crippen LogP contribution in [0, 0.1) is 0 Å². The lowest BCUT2D eigenvalue weighted by molar-refractivity contribution is 0.122. The molecule has 0 amide bonds. The number of rotatable bonds is 3. The number of morpholine rings is 1. The second kappa shape index (κ2) is 5.97. The van der Waals surface area contributed by atoms with E-state index in [-0.39, 0.29) is 0 Å². The number of ether oxygens (including phenoxy) is 2. The van der Waals surface area contributed by atoms with Crippen molar-refractivity contribution in [2.24, 2.45) is 0 Å². The highest BCUT2D eigenvalue weighted by Gasteiger charge is 2.10. The molecule has 0 atom stereocenters. The van der Waals surface area contributed by atoms with E-state index in [9.17, 15) is 0 Å². The first-order valence-electron chi connectivity index (χ1n) is 6.94. The summed E-state index contributed by atoms with van der Waals surface area (Å²) in [5.74, 6) is 0.888. The third-order valence-corrected chi connectivity index (χ3v) is 3.67. The van der Waals surface area contributed by atoms with Crippen LogP contribution >= 0.6 is 0 Å². The van der Waals surface area contributed by atoms with Gasteiger partial charge in [0.25, 0.3) is 0 Å². The van der Waals surface area contributed by atoms with Crippen molar-refractivity contribution in [1.29, 1.82) is 0 Å². The molecule has 0 radical (unpaired) electrons. The molecular weight excluding hydrogens is 250 g/mol. The smallest absolute Gasteiger partial charge is 0.118 e. The average molecular weight is 269 g/mol. The SMILES string of the molecule is COc1ccc(-c2ccc(N3CCOCC3)cc2)cc1. The number of methoxy groups -OCH3 is 1. The van der Waals surface area contributed by atoms with E-state index >= 15 is 0 Å². The molecule has 0 saturated carbocycles. The van der Waals surface area contributed by atoms with E-state index in [4.69, 9.17) is 9.47 Å². The van der Waals surface area contributed by atoms with E-state index in [1.807, 2.05) is 12.1 Å².